The van der Waals surface area contributed by atoms with Crippen molar-refractivity contribution in [2.45, 2.75) is 38.1 Å². The van der Waals surface area contributed by atoms with Crippen LogP contribution in [0.15, 0.2) is 18.2 Å². The van der Waals surface area contributed by atoms with Crippen LogP contribution in [0, 0.1) is 11.6 Å². The fraction of sp³-hybridized carbons (Fsp3) is 0.500. The van der Waals surface area contributed by atoms with E-state index in [4.69, 9.17) is 5.11 Å². The molecule has 0 saturated carbocycles. The number of benzene rings is 1. The Morgan fingerprint density at radius 3 is 2.78 bits per heavy atom. The molecule has 1 heterocycles. The number of rotatable bonds is 5. The van der Waals surface area contributed by atoms with Gasteiger partial charge in [-0.2, -0.15) is 0 Å². The Labute approximate surface area is 133 Å². The third-order valence-corrected chi connectivity index (χ3v) is 3.93. The lowest BCUT2D eigenvalue weighted by Crippen LogP contribution is -2.45. The van der Waals surface area contributed by atoms with E-state index in [-0.39, 0.29) is 19.0 Å². The van der Waals surface area contributed by atoms with Crippen LogP contribution in [-0.4, -0.2) is 35.1 Å². The van der Waals surface area contributed by atoms with Gasteiger partial charge < -0.3 is 15.3 Å². The first kappa shape index (κ1) is 17.2. The number of aliphatic carboxylic acids is 1. The number of carboxylic acid groups (broad SMARTS) is 1. The summed E-state index contributed by atoms with van der Waals surface area (Å²) >= 11 is 0. The summed E-state index contributed by atoms with van der Waals surface area (Å²) in [4.78, 5) is 24.3. The van der Waals surface area contributed by atoms with Gasteiger partial charge in [0.25, 0.3) is 0 Å². The molecule has 1 unspecified atom stereocenters. The molecule has 23 heavy (non-hydrogen) atoms. The third kappa shape index (κ3) is 4.64. The van der Waals surface area contributed by atoms with Gasteiger partial charge in [-0.3, -0.25) is 4.79 Å². The van der Waals surface area contributed by atoms with Gasteiger partial charge in [-0.1, -0.05) is 6.07 Å². The van der Waals surface area contributed by atoms with Gasteiger partial charge in [-0.05, 0) is 31.7 Å². The van der Waals surface area contributed by atoms with Gasteiger partial charge in [0, 0.05) is 31.1 Å². The van der Waals surface area contributed by atoms with Crippen molar-refractivity contribution >= 4 is 12.0 Å². The molecule has 0 bridgehead atoms. The maximum absolute atomic E-state index is 14.0. The highest BCUT2D eigenvalue weighted by Crippen LogP contribution is 2.32. The topological polar surface area (TPSA) is 69.6 Å². The number of carboxylic acids is 1. The quantitative estimate of drug-likeness (QED) is 0.817. The summed E-state index contributed by atoms with van der Waals surface area (Å²) in [6.45, 7) is 0.743. The zero-order chi connectivity index (χ0) is 16.8. The number of urea groups is 1. The Hall–Kier alpha value is -2.18. The summed E-state index contributed by atoms with van der Waals surface area (Å²) in [6, 6.07) is 2.63. The molecule has 1 saturated heterocycles. The summed E-state index contributed by atoms with van der Waals surface area (Å²) in [5, 5.41) is 11.2. The van der Waals surface area contributed by atoms with Gasteiger partial charge in [-0.25, -0.2) is 13.6 Å². The van der Waals surface area contributed by atoms with Crippen LogP contribution < -0.4 is 5.32 Å². The van der Waals surface area contributed by atoms with Gasteiger partial charge in [-0.15, -0.1) is 0 Å². The summed E-state index contributed by atoms with van der Waals surface area (Å²) in [6.07, 6.45) is 2.62. The zero-order valence-corrected chi connectivity index (χ0v) is 12.7. The van der Waals surface area contributed by atoms with Crippen molar-refractivity contribution in [1.82, 2.24) is 10.2 Å². The number of hydrogen-bond acceptors (Lipinski definition) is 2. The van der Waals surface area contributed by atoms with Crippen molar-refractivity contribution in [2.24, 2.45) is 0 Å². The van der Waals surface area contributed by atoms with E-state index in [2.05, 4.69) is 5.32 Å². The second-order valence-corrected chi connectivity index (χ2v) is 5.60. The Kier molecular flexibility index (Phi) is 5.90. The Morgan fingerprint density at radius 1 is 1.30 bits per heavy atom. The van der Waals surface area contributed by atoms with Crippen LogP contribution in [0.25, 0.3) is 0 Å². The highest BCUT2D eigenvalue weighted by Gasteiger charge is 2.29. The van der Waals surface area contributed by atoms with Crippen LogP contribution in [0.4, 0.5) is 13.6 Å². The number of nitrogens with one attached hydrogen (secondary N) is 1. The number of amides is 2. The van der Waals surface area contributed by atoms with Crippen molar-refractivity contribution < 1.29 is 23.5 Å². The largest absolute Gasteiger partial charge is 0.481 e. The SMILES string of the molecule is O=C(O)CCCNC(=O)N1CCCCC1c1ccc(F)cc1F. The minimum atomic E-state index is -0.913. The van der Waals surface area contributed by atoms with Gasteiger partial charge in [0.2, 0.25) is 0 Å². The number of carbonyl (C=O) groups excluding carboxylic acids is 1. The van der Waals surface area contributed by atoms with Crippen molar-refractivity contribution in [1.29, 1.82) is 0 Å². The maximum Gasteiger partial charge on any atom is 0.317 e. The molecule has 1 aliphatic rings. The van der Waals surface area contributed by atoms with E-state index in [1.165, 1.54) is 12.1 Å². The Morgan fingerprint density at radius 2 is 2.09 bits per heavy atom. The predicted molar refractivity (Wildman–Crippen MR) is 79.9 cm³/mol. The average molecular weight is 326 g/mol. The van der Waals surface area contributed by atoms with Crippen molar-refractivity contribution in [3.05, 3.63) is 35.4 Å². The first-order valence-corrected chi connectivity index (χ1v) is 7.70. The molecule has 0 aliphatic carbocycles. The molecular weight excluding hydrogens is 306 g/mol. The molecule has 0 spiro atoms. The summed E-state index contributed by atoms with van der Waals surface area (Å²) in [5.74, 6) is -2.21. The number of carbonyl (C=O) groups is 2. The molecule has 5 nitrogen and oxygen atoms in total. The molecule has 1 fully saturated rings. The highest BCUT2D eigenvalue weighted by molar-refractivity contribution is 5.75. The molecule has 1 aliphatic heterocycles. The Bertz CT molecular complexity index is 580. The van der Waals surface area contributed by atoms with Gasteiger partial charge in [0.05, 0.1) is 6.04 Å². The minimum Gasteiger partial charge on any atom is -0.481 e. The van der Waals surface area contributed by atoms with Crippen LogP contribution in [0.5, 0.6) is 0 Å². The molecule has 1 aromatic carbocycles. The number of nitrogens with zero attached hydrogens (tertiary/aromatic N) is 1. The molecule has 126 valence electrons. The summed E-state index contributed by atoms with van der Waals surface area (Å²) in [5.41, 5.74) is 0.312. The van der Waals surface area contributed by atoms with E-state index in [9.17, 15) is 18.4 Å². The van der Waals surface area contributed by atoms with Crippen LogP contribution in [0.3, 0.4) is 0 Å². The molecule has 0 aromatic heterocycles. The summed E-state index contributed by atoms with van der Waals surface area (Å²) in [7, 11) is 0. The second kappa shape index (κ2) is 7.89. The van der Waals surface area contributed by atoms with E-state index < -0.39 is 23.6 Å². The van der Waals surface area contributed by atoms with Gasteiger partial charge in [0.15, 0.2) is 0 Å². The molecule has 0 radical (unpaired) electrons. The monoisotopic (exact) mass is 326 g/mol. The van der Waals surface area contributed by atoms with Gasteiger partial charge in [0.1, 0.15) is 11.6 Å². The van der Waals surface area contributed by atoms with Crippen LogP contribution in [0.1, 0.15) is 43.7 Å². The fourth-order valence-electron chi connectivity index (χ4n) is 2.81. The lowest BCUT2D eigenvalue weighted by molar-refractivity contribution is -0.137. The van der Waals surface area contributed by atoms with Crippen LogP contribution in [0.2, 0.25) is 0 Å². The molecule has 1 atom stereocenters. The van der Waals surface area contributed by atoms with Crippen LogP contribution >= 0.6 is 0 Å². The van der Waals surface area contributed by atoms with Crippen LogP contribution in [-0.2, 0) is 4.79 Å². The second-order valence-electron chi connectivity index (χ2n) is 5.60. The number of hydrogen-bond donors (Lipinski definition) is 2. The van der Waals surface area contributed by atoms with E-state index in [1.54, 1.807) is 4.90 Å². The van der Waals surface area contributed by atoms with E-state index in [0.29, 0.717) is 24.9 Å². The van der Waals surface area contributed by atoms with Crippen molar-refractivity contribution in [3.8, 4) is 0 Å². The van der Waals surface area contributed by atoms with Crippen molar-refractivity contribution in [3.63, 3.8) is 0 Å². The normalized spacial score (nSPS) is 17.8. The number of likely N-dealkylation sites (tertiary alicyclic amines) is 1. The standard InChI is InChI=1S/C16H20F2N2O3/c17-11-6-7-12(13(18)10-11)14-4-1-2-9-20(14)16(23)19-8-3-5-15(21)22/h6-7,10,14H,1-5,8-9H2,(H,19,23)(H,21,22). The lowest BCUT2D eigenvalue weighted by atomic mass is 9.95. The molecular formula is C16H20F2N2O3. The first-order chi connectivity index (χ1) is 11.0. The molecule has 2 rings (SSSR count). The van der Waals surface area contributed by atoms with E-state index in [1.807, 2.05) is 0 Å². The average Bonchev–Trinajstić information content (AvgIpc) is 2.51. The molecule has 7 heteroatoms. The molecule has 2 N–H and O–H groups in total. The summed E-state index contributed by atoms with van der Waals surface area (Å²) < 4.78 is 27.1. The lowest BCUT2D eigenvalue weighted by Gasteiger charge is -2.36. The Balaban J connectivity index is 2.03. The fourth-order valence-corrected chi connectivity index (χ4v) is 2.81. The first-order valence-electron chi connectivity index (χ1n) is 7.70. The smallest absolute Gasteiger partial charge is 0.317 e. The number of halogens is 2. The van der Waals surface area contributed by atoms with Crippen molar-refractivity contribution in [2.75, 3.05) is 13.1 Å². The highest BCUT2D eigenvalue weighted by atomic mass is 19.1. The molecule has 1 aromatic rings. The molecule has 2 amide bonds. The minimum absolute atomic E-state index is 0.0176. The zero-order valence-electron chi connectivity index (χ0n) is 12.7. The van der Waals surface area contributed by atoms with E-state index in [0.717, 1.165) is 18.9 Å². The predicted octanol–water partition coefficient (Wildman–Crippen LogP) is 3.07. The maximum atomic E-state index is 14.0. The van der Waals surface area contributed by atoms with E-state index >= 15 is 0 Å². The van der Waals surface area contributed by atoms with Gasteiger partial charge >= 0.3 is 12.0 Å². The third-order valence-electron chi connectivity index (χ3n) is 3.93. The number of piperidine rings is 1.